The van der Waals surface area contributed by atoms with Gasteiger partial charge >= 0.3 is 0 Å². The predicted molar refractivity (Wildman–Crippen MR) is 73.2 cm³/mol. The van der Waals surface area contributed by atoms with E-state index >= 15 is 0 Å². The molecule has 1 amide bonds. The number of carbonyl (C=O) groups excluding carboxylic acids is 1. The van der Waals surface area contributed by atoms with Gasteiger partial charge in [0.05, 0.1) is 0 Å². The van der Waals surface area contributed by atoms with Crippen LogP contribution in [0.2, 0.25) is 0 Å². The molecule has 1 aliphatic rings. The number of hydrogen-bond donors (Lipinski definition) is 1. The van der Waals surface area contributed by atoms with Crippen molar-refractivity contribution in [3.05, 3.63) is 35.6 Å². The third kappa shape index (κ3) is 3.32. The molecule has 104 valence electrons. The summed E-state index contributed by atoms with van der Waals surface area (Å²) in [5, 5.41) is 3.48. The normalized spacial score (nSPS) is 21.5. The van der Waals surface area contributed by atoms with Crippen LogP contribution in [-0.2, 0) is 4.79 Å². The van der Waals surface area contributed by atoms with E-state index in [0.717, 1.165) is 12.8 Å². The molecule has 0 bridgehead atoms. The topological polar surface area (TPSA) is 32.3 Å². The van der Waals surface area contributed by atoms with E-state index in [-0.39, 0.29) is 23.8 Å². The van der Waals surface area contributed by atoms with Gasteiger partial charge in [-0.25, -0.2) is 4.39 Å². The van der Waals surface area contributed by atoms with Crippen molar-refractivity contribution in [3.8, 4) is 0 Å². The number of piperidine rings is 1. The lowest BCUT2D eigenvalue weighted by atomic mass is 9.99. The highest BCUT2D eigenvalue weighted by Crippen LogP contribution is 2.22. The predicted octanol–water partition coefficient (Wildman–Crippen LogP) is 2.49. The van der Waals surface area contributed by atoms with Crippen LogP contribution in [0.25, 0.3) is 0 Å². The first-order valence-electron chi connectivity index (χ1n) is 6.86. The molecule has 1 saturated heterocycles. The number of halogens is 1. The first-order chi connectivity index (χ1) is 9.11. The minimum Gasteiger partial charge on any atom is -0.344 e. The number of likely N-dealkylation sites (tertiary alicyclic amines) is 1. The van der Waals surface area contributed by atoms with Gasteiger partial charge in [0, 0.05) is 37.7 Å². The summed E-state index contributed by atoms with van der Waals surface area (Å²) in [6.45, 7) is 2.74. The molecule has 3 nitrogen and oxygen atoms in total. The molecule has 4 heteroatoms. The summed E-state index contributed by atoms with van der Waals surface area (Å²) in [6.07, 6.45) is 2.23. The van der Waals surface area contributed by atoms with Crippen LogP contribution < -0.4 is 5.32 Å². The van der Waals surface area contributed by atoms with Crippen LogP contribution in [0.4, 0.5) is 4.39 Å². The lowest BCUT2D eigenvalue weighted by Crippen LogP contribution is -2.47. The number of nitrogens with one attached hydrogen (secondary N) is 1. The molecule has 2 atom stereocenters. The molecule has 0 unspecified atom stereocenters. The molecule has 1 N–H and O–H groups in total. The summed E-state index contributed by atoms with van der Waals surface area (Å²) in [6, 6.07) is 7.14. The Labute approximate surface area is 113 Å². The fourth-order valence-corrected chi connectivity index (χ4v) is 2.62. The summed E-state index contributed by atoms with van der Waals surface area (Å²) >= 11 is 0. The Morgan fingerprint density at radius 3 is 2.84 bits per heavy atom. The number of amides is 1. The minimum atomic E-state index is -0.165. The Balaban J connectivity index is 2.04. The second-order valence-electron chi connectivity index (χ2n) is 5.16. The summed E-state index contributed by atoms with van der Waals surface area (Å²) in [5.74, 6) is 0.0269. The highest BCUT2D eigenvalue weighted by molar-refractivity contribution is 5.76. The third-order valence-corrected chi connectivity index (χ3v) is 3.75. The van der Waals surface area contributed by atoms with Gasteiger partial charge in [-0.15, -0.1) is 0 Å². The number of likely N-dealkylation sites (N-methyl/N-ethyl adjacent to an activating group) is 1. The van der Waals surface area contributed by atoms with Crippen molar-refractivity contribution >= 4 is 5.91 Å². The Hall–Kier alpha value is -1.42. The van der Waals surface area contributed by atoms with Crippen molar-refractivity contribution in [2.75, 3.05) is 13.6 Å². The van der Waals surface area contributed by atoms with Crippen LogP contribution in [0.1, 0.15) is 37.8 Å². The zero-order valence-electron chi connectivity index (χ0n) is 11.5. The van der Waals surface area contributed by atoms with E-state index < -0.39 is 0 Å². The fraction of sp³-hybridized carbons (Fsp3) is 0.533. The first-order valence-corrected chi connectivity index (χ1v) is 6.86. The van der Waals surface area contributed by atoms with Gasteiger partial charge in [0.1, 0.15) is 5.82 Å². The molecule has 1 aliphatic heterocycles. The van der Waals surface area contributed by atoms with Gasteiger partial charge in [-0.2, -0.15) is 0 Å². The van der Waals surface area contributed by atoms with Crippen molar-refractivity contribution in [2.24, 2.45) is 0 Å². The largest absolute Gasteiger partial charge is 0.344 e. The zero-order chi connectivity index (χ0) is 13.8. The van der Waals surface area contributed by atoms with Crippen LogP contribution in [0.3, 0.4) is 0 Å². The second-order valence-corrected chi connectivity index (χ2v) is 5.16. The molecule has 1 fully saturated rings. The maximum absolute atomic E-state index is 13.8. The van der Waals surface area contributed by atoms with E-state index in [1.165, 1.54) is 6.07 Å². The SMILES string of the molecule is CC[C@@H](N[C@H]1CCC(=O)N(C)C1)c1ccccc1F. The maximum Gasteiger partial charge on any atom is 0.222 e. The van der Waals surface area contributed by atoms with Gasteiger partial charge in [0.15, 0.2) is 0 Å². The molecule has 1 aromatic carbocycles. The van der Waals surface area contributed by atoms with Gasteiger partial charge in [-0.1, -0.05) is 25.1 Å². The maximum atomic E-state index is 13.8. The Morgan fingerprint density at radius 2 is 2.21 bits per heavy atom. The molecule has 0 aromatic heterocycles. The van der Waals surface area contributed by atoms with E-state index in [2.05, 4.69) is 5.32 Å². The van der Waals surface area contributed by atoms with Gasteiger partial charge in [-0.3, -0.25) is 4.79 Å². The summed E-state index contributed by atoms with van der Waals surface area (Å²) in [7, 11) is 1.82. The number of carbonyl (C=O) groups is 1. The van der Waals surface area contributed by atoms with Crippen molar-refractivity contribution in [3.63, 3.8) is 0 Å². The first kappa shape index (κ1) is 14.0. The number of benzene rings is 1. The zero-order valence-corrected chi connectivity index (χ0v) is 11.5. The number of hydrogen-bond acceptors (Lipinski definition) is 2. The summed E-state index contributed by atoms with van der Waals surface area (Å²) < 4.78 is 13.8. The monoisotopic (exact) mass is 264 g/mol. The molecule has 0 aliphatic carbocycles. The quantitative estimate of drug-likeness (QED) is 0.906. The van der Waals surface area contributed by atoms with Crippen molar-refractivity contribution in [1.29, 1.82) is 0 Å². The second kappa shape index (κ2) is 6.15. The molecule has 2 rings (SSSR count). The molecule has 0 saturated carbocycles. The fourth-order valence-electron chi connectivity index (χ4n) is 2.62. The van der Waals surface area contributed by atoms with Crippen LogP contribution in [0, 0.1) is 5.82 Å². The van der Waals surface area contributed by atoms with Crippen molar-refractivity contribution in [1.82, 2.24) is 10.2 Å². The van der Waals surface area contributed by atoms with Crippen molar-refractivity contribution < 1.29 is 9.18 Å². The van der Waals surface area contributed by atoms with Crippen LogP contribution in [0.15, 0.2) is 24.3 Å². The number of rotatable bonds is 4. The van der Waals surface area contributed by atoms with Crippen LogP contribution in [0.5, 0.6) is 0 Å². The van der Waals surface area contributed by atoms with Crippen molar-refractivity contribution in [2.45, 2.75) is 38.3 Å². The van der Waals surface area contributed by atoms with Gasteiger partial charge in [-0.05, 0) is 18.9 Å². The highest BCUT2D eigenvalue weighted by Gasteiger charge is 2.25. The molecular formula is C15H21FN2O. The summed E-state index contributed by atoms with van der Waals surface area (Å²) in [4.78, 5) is 13.2. The van der Waals surface area contributed by atoms with Gasteiger partial charge < -0.3 is 10.2 Å². The van der Waals surface area contributed by atoms with E-state index in [9.17, 15) is 9.18 Å². The molecule has 1 heterocycles. The third-order valence-electron chi connectivity index (χ3n) is 3.75. The van der Waals surface area contributed by atoms with Crippen LogP contribution >= 0.6 is 0 Å². The average Bonchev–Trinajstić information content (AvgIpc) is 2.41. The Bertz CT molecular complexity index is 450. The summed E-state index contributed by atoms with van der Waals surface area (Å²) in [5.41, 5.74) is 0.713. The highest BCUT2D eigenvalue weighted by atomic mass is 19.1. The molecule has 1 aromatic rings. The van der Waals surface area contributed by atoms with E-state index in [0.29, 0.717) is 18.5 Å². The molecule has 0 radical (unpaired) electrons. The average molecular weight is 264 g/mol. The van der Waals surface area contributed by atoms with E-state index in [4.69, 9.17) is 0 Å². The van der Waals surface area contributed by atoms with E-state index in [1.54, 1.807) is 11.0 Å². The molecule has 19 heavy (non-hydrogen) atoms. The van der Waals surface area contributed by atoms with Gasteiger partial charge in [0.2, 0.25) is 5.91 Å². The smallest absolute Gasteiger partial charge is 0.222 e. The van der Waals surface area contributed by atoms with Gasteiger partial charge in [0.25, 0.3) is 0 Å². The minimum absolute atomic E-state index is 0.00722. The Morgan fingerprint density at radius 1 is 1.47 bits per heavy atom. The number of nitrogens with zero attached hydrogens (tertiary/aromatic N) is 1. The molecule has 0 spiro atoms. The standard InChI is InChI=1S/C15H21FN2O/c1-3-14(12-6-4-5-7-13(12)16)17-11-8-9-15(19)18(2)10-11/h4-7,11,14,17H,3,8-10H2,1-2H3/t11-,14+/m0/s1. The Kier molecular flexibility index (Phi) is 4.53. The van der Waals surface area contributed by atoms with E-state index in [1.807, 2.05) is 26.1 Å². The van der Waals surface area contributed by atoms with Crippen LogP contribution in [-0.4, -0.2) is 30.4 Å². The lowest BCUT2D eigenvalue weighted by molar-refractivity contribution is -0.132. The molecular weight excluding hydrogens is 243 g/mol. The lowest BCUT2D eigenvalue weighted by Gasteiger charge is -2.33.